The van der Waals surface area contributed by atoms with Gasteiger partial charge in [0, 0.05) is 25.0 Å². The van der Waals surface area contributed by atoms with Gasteiger partial charge in [0.15, 0.2) is 11.3 Å². The van der Waals surface area contributed by atoms with Gasteiger partial charge in [-0.2, -0.15) is 5.10 Å². The molecule has 6 heteroatoms. The van der Waals surface area contributed by atoms with Gasteiger partial charge in [0.25, 0.3) is 5.91 Å². The Hall–Kier alpha value is -1.95. The molecule has 0 bridgehead atoms. The number of nitrogens with zero attached hydrogens (tertiary/aromatic N) is 4. The maximum absolute atomic E-state index is 11.8. The molecule has 0 aromatic carbocycles. The number of amides is 1. The molecular formula is C12H17N5O. The fourth-order valence-electron chi connectivity index (χ4n) is 1.63. The van der Waals surface area contributed by atoms with E-state index in [9.17, 15) is 4.79 Å². The molecule has 2 aromatic heterocycles. The fourth-order valence-corrected chi connectivity index (χ4v) is 1.63. The van der Waals surface area contributed by atoms with Crippen LogP contribution in [0.1, 0.15) is 16.9 Å². The molecule has 2 aromatic rings. The van der Waals surface area contributed by atoms with E-state index in [-0.39, 0.29) is 5.91 Å². The van der Waals surface area contributed by atoms with Crippen LogP contribution in [-0.4, -0.2) is 52.6 Å². The molecule has 0 unspecified atom stereocenters. The maximum Gasteiger partial charge on any atom is 0.271 e. The number of carbonyl (C=O) groups excluding carboxylic acids is 1. The Labute approximate surface area is 106 Å². The molecule has 0 saturated heterocycles. The molecule has 0 atom stereocenters. The Morgan fingerprint density at radius 3 is 3.06 bits per heavy atom. The van der Waals surface area contributed by atoms with Crippen molar-refractivity contribution >= 4 is 11.6 Å². The summed E-state index contributed by atoms with van der Waals surface area (Å²) in [6.07, 6.45) is 4.37. The van der Waals surface area contributed by atoms with Crippen LogP contribution >= 0.6 is 0 Å². The molecule has 18 heavy (non-hydrogen) atoms. The van der Waals surface area contributed by atoms with E-state index in [0.29, 0.717) is 17.9 Å². The first-order chi connectivity index (χ1) is 8.66. The molecule has 0 aliphatic heterocycles. The van der Waals surface area contributed by atoms with Crippen molar-refractivity contribution < 1.29 is 4.79 Å². The molecule has 0 aliphatic carbocycles. The summed E-state index contributed by atoms with van der Waals surface area (Å²) >= 11 is 0. The molecule has 0 fully saturated rings. The van der Waals surface area contributed by atoms with Gasteiger partial charge in [-0.25, -0.2) is 9.50 Å². The quantitative estimate of drug-likeness (QED) is 0.777. The van der Waals surface area contributed by atoms with Crippen LogP contribution in [0, 0.1) is 0 Å². The smallest absolute Gasteiger partial charge is 0.271 e. The number of carbonyl (C=O) groups is 1. The summed E-state index contributed by atoms with van der Waals surface area (Å²) in [5, 5.41) is 7.00. The highest BCUT2D eigenvalue weighted by Gasteiger charge is 2.10. The van der Waals surface area contributed by atoms with E-state index < -0.39 is 0 Å². The number of hydrogen-bond acceptors (Lipinski definition) is 4. The normalized spacial score (nSPS) is 11.1. The zero-order chi connectivity index (χ0) is 13.0. The third-order valence-corrected chi connectivity index (χ3v) is 2.54. The lowest BCUT2D eigenvalue weighted by atomic mass is 10.3. The molecule has 0 aliphatic rings. The summed E-state index contributed by atoms with van der Waals surface area (Å²) in [7, 11) is 4.02. The minimum atomic E-state index is -0.153. The first kappa shape index (κ1) is 12.5. The molecular weight excluding hydrogens is 230 g/mol. The fraction of sp³-hybridized carbons (Fsp3) is 0.417. The average molecular weight is 247 g/mol. The zero-order valence-corrected chi connectivity index (χ0v) is 10.6. The summed E-state index contributed by atoms with van der Waals surface area (Å²) in [4.78, 5) is 18.0. The van der Waals surface area contributed by atoms with Crippen LogP contribution in [-0.2, 0) is 0 Å². The van der Waals surface area contributed by atoms with Crippen LogP contribution in [0.5, 0.6) is 0 Å². The lowest BCUT2D eigenvalue weighted by Gasteiger charge is -2.08. The summed E-state index contributed by atoms with van der Waals surface area (Å²) < 4.78 is 1.59. The molecule has 0 saturated carbocycles. The molecule has 1 N–H and O–H groups in total. The predicted octanol–water partition coefficient (Wildman–Crippen LogP) is 0.411. The Balaban J connectivity index is 1.92. The van der Waals surface area contributed by atoms with Crippen molar-refractivity contribution in [1.29, 1.82) is 0 Å². The number of aromatic nitrogens is 3. The van der Waals surface area contributed by atoms with E-state index in [1.807, 2.05) is 14.1 Å². The van der Waals surface area contributed by atoms with Gasteiger partial charge in [-0.1, -0.05) is 0 Å². The second-order valence-corrected chi connectivity index (χ2v) is 4.36. The molecule has 6 nitrogen and oxygen atoms in total. The van der Waals surface area contributed by atoms with E-state index in [0.717, 1.165) is 13.0 Å². The van der Waals surface area contributed by atoms with Gasteiger partial charge in [-0.05, 0) is 33.1 Å². The van der Waals surface area contributed by atoms with Gasteiger partial charge in [0.05, 0.1) is 0 Å². The second-order valence-electron chi connectivity index (χ2n) is 4.36. The molecule has 2 heterocycles. The van der Waals surface area contributed by atoms with Crippen molar-refractivity contribution in [3.8, 4) is 0 Å². The SMILES string of the molecule is CN(C)CCCNC(=O)c1cc2ncccn2n1. The Bertz CT molecular complexity index is 501. The summed E-state index contributed by atoms with van der Waals surface area (Å²) in [6.45, 7) is 1.60. The highest BCUT2D eigenvalue weighted by molar-refractivity contribution is 5.93. The minimum absolute atomic E-state index is 0.153. The number of rotatable bonds is 5. The van der Waals surface area contributed by atoms with Gasteiger partial charge in [0.2, 0.25) is 0 Å². The van der Waals surface area contributed by atoms with E-state index >= 15 is 0 Å². The van der Waals surface area contributed by atoms with Gasteiger partial charge in [-0.3, -0.25) is 4.79 Å². The molecule has 0 spiro atoms. The van der Waals surface area contributed by atoms with E-state index in [1.165, 1.54) is 0 Å². The predicted molar refractivity (Wildman–Crippen MR) is 68.5 cm³/mol. The first-order valence-electron chi connectivity index (χ1n) is 5.90. The van der Waals surface area contributed by atoms with Gasteiger partial charge in [-0.15, -0.1) is 0 Å². The Morgan fingerprint density at radius 2 is 2.33 bits per heavy atom. The molecule has 2 rings (SSSR count). The third-order valence-electron chi connectivity index (χ3n) is 2.54. The standard InChI is InChI=1S/C12H17N5O/c1-16(2)7-3-6-14-12(18)10-9-11-13-5-4-8-17(11)15-10/h4-5,8-9H,3,6-7H2,1-2H3,(H,14,18). The minimum Gasteiger partial charge on any atom is -0.351 e. The lowest BCUT2D eigenvalue weighted by molar-refractivity contribution is 0.0947. The van der Waals surface area contributed by atoms with Gasteiger partial charge < -0.3 is 10.2 Å². The highest BCUT2D eigenvalue weighted by Crippen LogP contribution is 2.02. The van der Waals surface area contributed by atoms with Crippen molar-refractivity contribution in [2.75, 3.05) is 27.2 Å². The van der Waals surface area contributed by atoms with Gasteiger partial charge >= 0.3 is 0 Å². The van der Waals surface area contributed by atoms with Crippen LogP contribution in [0.3, 0.4) is 0 Å². The summed E-state index contributed by atoms with van der Waals surface area (Å²) in [6, 6.07) is 3.46. The zero-order valence-electron chi connectivity index (χ0n) is 10.6. The number of hydrogen-bond donors (Lipinski definition) is 1. The number of fused-ring (bicyclic) bond motifs is 1. The number of nitrogens with one attached hydrogen (secondary N) is 1. The summed E-state index contributed by atoms with van der Waals surface area (Å²) in [5.74, 6) is -0.153. The Morgan fingerprint density at radius 1 is 1.50 bits per heavy atom. The lowest BCUT2D eigenvalue weighted by Crippen LogP contribution is -2.27. The van der Waals surface area contributed by atoms with Gasteiger partial charge in [0.1, 0.15) is 0 Å². The van der Waals surface area contributed by atoms with E-state index in [1.54, 1.807) is 29.0 Å². The average Bonchev–Trinajstić information content (AvgIpc) is 2.78. The molecule has 1 amide bonds. The van der Waals surface area contributed by atoms with E-state index in [2.05, 4.69) is 20.3 Å². The van der Waals surface area contributed by atoms with Crippen molar-refractivity contribution in [2.45, 2.75) is 6.42 Å². The molecule has 96 valence electrons. The second kappa shape index (κ2) is 5.59. The summed E-state index contributed by atoms with van der Waals surface area (Å²) in [5.41, 5.74) is 1.08. The van der Waals surface area contributed by atoms with E-state index in [4.69, 9.17) is 0 Å². The van der Waals surface area contributed by atoms with Crippen molar-refractivity contribution in [3.63, 3.8) is 0 Å². The first-order valence-corrected chi connectivity index (χ1v) is 5.90. The van der Waals surface area contributed by atoms with Crippen LogP contribution in [0.4, 0.5) is 0 Å². The highest BCUT2D eigenvalue weighted by atomic mass is 16.1. The van der Waals surface area contributed by atoms with Crippen LogP contribution in [0.25, 0.3) is 5.65 Å². The Kier molecular flexibility index (Phi) is 3.88. The monoisotopic (exact) mass is 247 g/mol. The van der Waals surface area contributed by atoms with Crippen molar-refractivity contribution in [3.05, 3.63) is 30.2 Å². The maximum atomic E-state index is 11.8. The largest absolute Gasteiger partial charge is 0.351 e. The molecule has 0 radical (unpaired) electrons. The van der Waals surface area contributed by atoms with Crippen molar-refractivity contribution in [2.24, 2.45) is 0 Å². The van der Waals surface area contributed by atoms with Crippen molar-refractivity contribution in [1.82, 2.24) is 24.8 Å². The van der Waals surface area contributed by atoms with Crippen LogP contribution in [0.2, 0.25) is 0 Å². The topological polar surface area (TPSA) is 62.5 Å². The van der Waals surface area contributed by atoms with Crippen LogP contribution in [0.15, 0.2) is 24.5 Å². The van der Waals surface area contributed by atoms with Crippen LogP contribution < -0.4 is 5.32 Å². The third kappa shape index (κ3) is 3.04.